The van der Waals surface area contributed by atoms with Crippen LogP contribution in [-0.2, 0) is 4.79 Å². The summed E-state index contributed by atoms with van der Waals surface area (Å²) < 4.78 is 18.6. The van der Waals surface area contributed by atoms with Crippen molar-refractivity contribution in [3.8, 4) is 5.75 Å². The van der Waals surface area contributed by atoms with Gasteiger partial charge in [-0.15, -0.1) is 0 Å². The van der Waals surface area contributed by atoms with Crippen molar-refractivity contribution in [1.82, 2.24) is 0 Å². The monoisotopic (exact) mass is 383 g/mol. The minimum absolute atomic E-state index is 0.0786. The number of allylic oxidation sites excluding steroid dienone is 3. The lowest BCUT2D eigenvalue weighted by Gasteiger charge is -2.07. The van der Waals surface area contributed by atoms with E-state index in [0.717, 1.165) is 36.8 Å². The van der Waals surface area contributed by atoms with E-state index in [9.17, 15) is 19.3 Å². The van der Waals surface area contributed by atoms with Crippen LogP contribution in [-0.4, -0.2) is 10.9 Å². The van der Waals surface area contributed by atoms with Gasteiger partial charge in [0.2, 0.25) is 0 Å². The molecule has 0 saturated heterocycles. The molecule has 146 valence electrons. The van der Waals surface area contributed by atoms with Crippen LogP contribution >= 0.6 is 0 Å². The standard InChI is InChI=1S/C22H22FNO4/c1-2-3-4-7-17(18-9-5-10-19(23)16-18)8-6-11-22(25)28-21-14-12-20(13-15-21)24(26)27/h5-6,8-16H,2-4,7H2,1H3. The number of hydrogen-bond donors (Lipinski definition) is 0. The number of nitro benzene ring substituents is 1. The Kier molecular flexibility index (Phi) is 8.09. The lowest BCUT2D eigenvalue weighted by atomic mass is 9.99. The van der Waals surface area contributed by atoms with Crippen LogP contribution in [0.3, 0.4) is 0 Å². The van der Waals surface area contributed by atoms with Crippen molar-refractivity contribution in [2.45, 2.75) is 32.6 Å². The quantitative estimate of drug-likeness (QED) is 0.103. The maximum Gasteiger partial charge on any atom is 0.336 e. The summed E-state index contributed by atoms with van der Waals surface area (Å²) in [5.41, 5.74) is 1.64. The fourth-order valence-corrected chi connectivity index (χ4v) is 2.61. The number of benzene rings is 2. The van der Waals surface area contributed by atoms with Gasteiger partial charge in [-0.25, -0.2) is 9.18 Å². The molecule has 28 heavy (non-hydrogen) atoms. The fraction of sp³-hybridized carbons (Fsp3) is 0.227. The number of ether oxygens (including phenoxy) is 1. The topological polar surface area (TPSA) is 69.4 Å². The normalized spacial score (nSPS) is 11.6. The average Bonchev–Trinajstić information content (AvgIpc) is 2.67. The van der Waals surface area contributed by atoms with E-state index in [-0.39, 0.29) is 17.3 Å². The van der Waals surface area contributed by atoms with E-state index in [1.807, 2.05) is 6.07 Å². The van der Waals surface area contributed by atoms with Crippen molar-refractivity contribution < 1.29 is 18.8 Å². The number of esters is 1. The second-order valence-electron chi connectivity index (χ2n) is 6.19. The van der Waals surface area contributed by atoms with Crippen molar-refractivity contribution in [3.63, 3.8) is 0 Å². The van der Waals surface area contributed by atoms with E-state index < -0.39 is 10.9 Å². The van der Waals surface area contributed by atoms with Gasteiger partial charge in [-0.1, -0.05) is 44.1 Å². The summed E-state index contributed by atoms with van der Waals surface area (Å²) in [7, 11) is 0. The molecule has 0 N–H and O–H groups in total. The Balaban J connectivity index is 2.05. The summed E-state index contributed by atoms with van der Waals surface area (Å²) in [5.74, 6) is -0.685. The second kappa shape index (κ2) is 10.8. The van der Waals surface area contributed by atoms with Gasteiger partial charge in [-0.3, -0.25) is 10.1 Å². The second-order valence-corrected chi connectivity index (χ2v) is 6.19. The highest BCUT2D eigenvalue weighted by Gasteiger charge is 2.06. The Morgan fingerprint density at radius 2 is 1.93 bits per heavy atom. The number of nitro groups is 1. The number of carbonyl (C=O) groups excluding carboxylic acids is 1. The van der Waals surface area contributed by atoms with Crippen LogP contribution in [0.1, 0.15) is 38.2 Å². The first kappa shape index (κ1) is 21.0. The van der Waals surface area contributed by atoms with Gasteiger partial charge in [0.25, 0.3) is 5.69 Å². The highest BCUT2D eigenvalue weighted by atomic mass is 19.1. The smallest absolute Gasteiger partial charge is 0.336 e. The van der Waals surface area contributed by atoms with Crippen molar-refractivity contribution in [2.75, 3.05) is 0 Å². The molecule has 0 fully saturated rings. The number of non-ortho nitro benzene ring substituents is 1. The molecular weight excluding hydrogens is 361 g/mol. The molecule has 0 heterocycles. The van der Waals surface area contributed by atoms with Crippen LogP contribution in [0.4, 0.5) is 10.1 Å². The molecule has 2 aromatic carbocycles. The zero-order valence-electron chi connectivity index (χ0n) is 15.6. The maximum atomic E-state index is 13.5. The summed E-state index contributed by atoms with van der Waals surface area (Å²) >= 11 is 0. The number of halogens is 1. The molecule has 6 heteroatoms. The Bertz CT molecular complexity index is 872. The highest BCUT2D eigenvalue weighted by Crippen LogP contribution is 2.22. The summed E-state index contributed by atoms with van der Waals surface area (Å²) in [6.45, 7) is 2.11. The van der Waals surface area contributed by atoms with E-state index >= 15 is 0 Å². The van der Waals surface area contributed by atoms with Gasteiger partial charge in [0, 0.05) is 18.2 Å². The molecule has 0 amide bonds. The minimum Gasteiger partial charge on any atom is -0.423 e. The van der Waals surface area contributed by atoms with E-state index in [1.165, 1.54) is 42.5 Å². The molecule has 2 aromatic rings. The zero-order chi connectivity index (χ0) is 20.4. The molecule has 0 spiro atoms. The summed E-state index contributed by atoms with van der Waals surface area (Å²) in [5, 5.41) is 10.6. The van der Waals surface area contributed by atoms with Gasteiger partial charge >= 0.3 is 5.97 Å². The first-order valence-electron chi connectivity index (χ1n) is 9.09. The molecule has 0 saturated carbocycles. The third kappa shape index (κ3) is 6.79. The number of carbonyl (C=O) groups is 1. The van der Waals surface area contributed by atoms with Crippen LogP contribution in [0.2, 0.25) is 0 Å². The molecule has 0 atom stereocenters. The van der Waals surface area contributed by atoms with Crippen LogP contribution in [0.25, 0.3) is 5.57 Å². The Morgan fingerprint density at radius 1 is 1.18 bits per heavy atom. The average molecular weight is 383 g/mol. The van der Waals surface area contributed by atoms with Gasteiger partial charge < -0.3 is 4.74 Å². The molecule has 0 aromatic heterocycles. The first-order valence-corrected chi connectivity index (χ1v) is 9.09. The van der Waals surface area contributed by atoms with Crippen molar-refractivity contribution in [2.24, 2.45) is 0 Å². The van der Waals surface area contributed by atoms with E-state index in [4.69, 9.17) is 4.74 Å². The Morgan fingerprint density at radius 3 is 2.57 bits per heavy atom. The van der Waals surface area contributed by atoms with E-state index in [1.54, 1.807) is 18.2 Å². The Labute approximate surface area is 163 Å². The number of nitrogens with zero attached hydrogens (tertiary/aromatic N) is 1. The molecular formula is C22H22FNO4. The lowest BCUT2D eigenvalue weighted by Crippen LogP contribution is -2.03. The Hall–Kier alpha value is -3.28. The number of rotatable bonds is 9. The molecule has 0 aliphatic rings. The molecule has 0 aliphatic heterocycles. The van der Waals surface area contributed by atoms with Crippen LogP contribution in [0.15, 0.2) is 66.8 Å². The summed E-state index contributed by atoms with van der Waals surface area (Å²) in [4.78, 5) is 22.0. The van der Waals surface area contributed by atoms with Gasteiger partial charge in [0.15, 0.2) is 0 Å². The fourth-order valence-electron chi connectivity index (χ4n) is 2.61. The largest absolute Gasteiger partial charge is 0.423 e. The summed E-state index contributed by atoms with van der Waals surface area (Å²) in [6, 6.07) is 11.6. The molecule has 0 bridgehead atoms. The molecule has 0 aliphatic carbocycles. The molecule has 0 radical (unpaired) electrons. The van der Waals surface area contributed by atoms with Gasteiger partial charge in [-0.2, -0.15) is 0 Å². The van der Waals surface area contributed by atoms with Crippen molar-refractivity contribution in [1.29, 1.82) is 0 Å². The lowest BCUT2D eigenvalue weighted by molar-refractivity contribution is -0.384. The van der Waals surface area contributed by atoms with E-state index in [0.29, 0.717) is 0 Å². The first-order chi connectivity index (χ1) is 13.5. The third-order valence-electron chi connectivity index (χ3n) is 4.04. The SMILES string of the molecule is CCCCCC(=CC=CC(=O)Oc1ccc([N+](=O)[O-])cc1)c1cccc(F)c1. The highest BCUT2D eigenvalue weighted by molar-refractivity contribution is 5.85. The summed E-state index contributed by atoms with van der Waals surface area (Å²) in [6.07, 6.45) is 8.51. The number of hydrogen-bond acceptors (Lipinski definition) is 4. The maximum absolute atomic E-state index is 13.5. The number of unbranched alkanes of at least 4 members (excludes halogenated alkanes) is 2. The van der Waals surface area contributed by atoms with Gasteiger partial charge in [-0.05, 0) is 48.2 Å². The third-order valence-corrected chi connectivity index (χ3v) is 4.04. The van der Waals surface area contributed by atoms with Gasteiger partial charge in [0.1, 0.15) is 11.6 Å². The van der Waals surface area contributed by atoms with Crippen LogP contribution < -0.4 is 4.74 Å². The van der Waals surface area contributed by atoms with Crippen LogP contribution in [0.5, 0.6) is 5.75 Å². The van der Waals surface area contributed by atoms with Gasteiger partial charge in [0.05, 0.1) is 4.92 Å². The predicted molar refractivity (Wildman–Crippen MR) is 106 cm³/mol. The van der Waals surface area contributed by atoms with E-state index in [2.05, 4.69) is 6.92 Å². The zero-order valence-corrected chi connectivity index (χ0v) is 15.6. The molecule has 5 nitrogen and oxygen atoms in total. The minimum atomic E-state index is -0.600. The van der Waals surface area contributed by atoms with Crippen molar-refractivity contribution >= 4 is 17.2 Å². The molecule has 0 unspecified atom stereocenters. The predicted octanol–water partition coefficient (Wildman–Crippen LogP) is 5.86. The molecule has 2 rings (SSSR count). The van der Waals surface area contributed by atoms with Crippen molar-refractivity contribution in [3.05, 3.63) is 88.3 Å². The van der Waals surface area contributed by atoms with Crippen LogP contribution in [0, 0.1) is 15.9 Å².